The Kier molecular flexibility index (Phi) is 4.14. The first kappa shape index (κ1) is 14.6. The van der Waals surface area contributed by atoms with Crippen LogP contribution in [0.15, 0.2) is 48.5 Å². The quantitative estimate of drug-likeness (QED) is 0.857. The van der Waals surface area contributed by atoms with E-state index in [-0.39, 0.29) is 12.1 Å². The molecule has 0 spiro atoms. The highest BCUT2D eigenvalue weighted by molar-refractivity contribution is 5.90. The Balaban J connectivity index is 1.80. The van der Waals surface area contributed by atoms with Crippen molar-refractivity contribution in [1.82, 2.24) is 4.90 Å². The lowest BCUT2D eigenvalue weighted by molar-refractivity contribution is 0.207. The molecule has 1 aliphatic rings. The van der Waals surface area contributed by atoms with Crippen LogP contribution in [0.2, 0.25) is 0 Å². The second kappa shape index (κ2) is 6.22. The summed E-state index contributed by atoms with van der Waals surface area (Å²) in [5, 5.41) is 3.06. The van der Waals surface area contributed by atoms with Crippen molar-refractivity contribution in [3.63, 3.8) is 0 Å². The zero-order valence-corrected chi connectivity index (χ0v) is 13.2. The van der Waals surface area contributed by atoms with E-state index in [2.05, 4.69) is 30.4 Å². The summed E-state index contributed by atoms with van der Waals surface area (Å²) in [5.74, 6) is 0. The van der Waals surface area contributed by atoms with Crippen LogP contribution < -0.4 is 5.32 Å². The van der Waals surface area contributed by atoms with Gasteiger partial charge in [-0.25, -0.2) is 4.79 Å². The normalized spacial score (nSPS) is 17.5. The molecule has 1 fully saturated rings. The van der Waals surface area contributed by atoms with E-state index in [9.17, 15) is 4.79 Å². The molecule has 1 atom stereocenters. The number of aryl methyl sites for hydroxylation is 2. The Hall–Kier alpha value is -2.29. The molecule has 0 aromatic heterocycles. The number of likely N-dealkylation sites (tertiary alicyclic amines) is 1. The third-order valence-electron chi connectivity index (χ3n) is 4.45. The number of benzene rings is 2. The first-order valence-electron chi connectivity index (χ1n) is 7.85. The van der Waals surface area contributed by atoms with Gasteiger partial charge in [-0.15, -0.1) is 0 Å². The third kappa shape index (κ3) is 2.84. The van der Waals surface area contributed by atoms with Crippen LogP contribution in [-0.2, 0) is 0 Å². The first-order valence-corrected chi connectivity index (χ1v) is 7.85. The zero-order valence-electron chi connectivity index (χ0n) is 13.2. The van der Waals surface area contributed by atoms with Crippen LogP contribution in [-0.4, -0.2) is 17.5 Å². The van der Waals surface area contributed by atoms with Gasteiger partial charge >= 0.3 is 6.03 Å². The summed E-state index contributed by atoms with van der Waals surface area (Å²) in [6.45, 7) is 4.94. The molecule has 2 amide bonds. The minimum atomic E-state index is 0.0000491. The summed E-state index contributed by atoms with van der Waals surface area (Å²) in [7, 11) is 0. The van der Waals surface area contributed by atoms with E-state index < -0.39 is 0 Å². The van der Waals surface area contributed by atoms with Crippen LogP contribution in [0.25, 0.3) is 0 Å². The molecule has 114 valence electrons. The minimum absolute atomic E-state index is 0.0000491. The summed E-state index contributed by atoms with van der Waals surface area (Å²) in [6.07, 6.45) is 2.09. The van der Waals surface area contributed by atoms with E-state index in [1.54, 1.807) is 0 Å². The van der Waals surface area contributed by atoms with Gasteiger partial charge in [0.25, 0.3) is 0 Å². The second-order valence-electron chi connectivity index (χ2n) is 5.95. The van der Waals surface area contributed by atoms with Gasteiger partial charge in [0.15, 0.2) is 0 Å². The number of hydrogen-bond donors (Lipinski definition) is 1. The van der Waals surface area contributed by atoms with Crippen molar-refractivity contribution in [2.45, 2.75) is 32.7 Å². The number of anilines is 1. The monoisotopic (exact) mass is 294 g/mol. The molecule has 2 aromatic carbocycles. The summed E-state index contributed by atoms with van der Waals surface area (Å²) < 4.78 is 0. The van der Waals surface area contributed by atoms with Crippen LogP contribution in [0.1, 0.15) is 35.6 Å². The van der Waals surface area contributed by atoms with E-state index in [1.807, 2.05) is 42.2 Å². The Bertz CT molecular complexity index is 681. The minimum Gasteiger partial charge on any atom is -0.317 e. The average Bonchev–Trinajstić information content (AvgIpc) is 2.99. The van der Waals surface area contributed by atoms with Crippen LogP contribution in [0.3, 0.4) is 0 Å². The van der Waals surface area contributed by atoms with Gasteiger partial charge < -0.3 is 10.2 Å². The van der Waals surface area contributed by atoms with Crippen molar-refractivity contribution in [3.8, 4) is 0 Å². The Morgan fingerprint density at radius 3 is 2.45 bits per heavy atom. The predicted molar refractivity (Wildman–Crippen MR) is 90.1 cm³/mol. The fourth-order valence-corrected chi connectivity index (χ4v) is 3.19. The van der Waals surface area contributed by atoms with Gasteiger partial charge in [-0.1, -0.05) is 42.5 Å². The highest BCUT2D eigenvalue weighted by Crippen LogP contribution is 2.34. The fourth-order valence-electron chi connectivity index (χ4n) is 3.19. The van der Waals surface area contributed by atoms with Crippen molar-refractivity contribution in [2.75, 3.05) is 11.9 Å². The molecule has 0 saturated carbocycles. The van der Waals surface area contributed by atoms with E-state index in [4.69, 9.17) is 0 Å². The van der Waals surface area contributed by atoms with E-state index in [0.717, 1.165) is 30.6 Å². The van der Waals surface area contributed by atoms with E-state index >= 15 is 0 Å². The maximum absolute atomic E-state index is 12.7. The van der Waals surface area contributed by atoms with Crippen LogP contribution >= 0.6 is 0 Å². The number of urea groups is 1. The van der Waals surface area contributed by atoms with E-state index in [1.165, 1.54) is 11.1 Å². The van der Waals surface area contributed by atoms with Gasteiger partial charge in [0.1, 0.15) is 0 Å². The summed E-state index contributed by atoms with van der Waals surface area (Å²) in [4.78, 5) is 14.6. The number of hydrogen-bond acceptors (Lipinski definition) is 1. The maximum Gasteiger partial charge on any atom is 0.322 e. The lowest BCUT2D eigenvalue weighted by Gasteiger charge is -2.26. The summed E-state index contributed by atoms with van der Waals surface area (Å²) >= 11 is 0. The SMILES string of the molecule is Cc1ccccc1NC(=O)N1CCC[C@@H]1c1ccccc1C. The topological polar surface area (TPSA) is 32.3 Å². The number of amides is 2. The van der Waals surface area contributed by atoms with Crippen molar-refractivity contribution < 1.29 is 4.79 Å². The standard InChI is InChI=1S/C19H22N2O/c1-14-8-3-5-10-16(14)18-12-7-13-21(18)19(22)20-17-11-6-4-9-15(17)2/h3-6,8-11,18H,7,12-13H2,1-2H3,(H,20,22)/t18-/m1/s1. The molecule has 3 heteroatoms. The largest absolute Gasteiger partial charge is 0.322 e. The van der Waals surface area contributed by atoms with Gasteiger partial charge in [-0.3, -0.25) is 0 Å². The molecule has 22 heavy (non-hydrogen) atoms. The second-order valence-corrected chi connectivity index (χ2v) is 5.95. The molecule has 1 heterocycles. The molecular weight excluding hydrogens is 272 g/mol. The van der Waals surface area contributed by atoms with E-state index in [0.29, 0.717) is 0 Å². The number of carbonyl (C=O) groups is 1. The molecule has 0 unspecified atom stereocenters. The Labute approximate surface area is 132 Å². The number of carbonyl (C=O) groups excluding carboxylic acids is 1. The Morgan fingerprint density at radius 2 is 1.73 bits per heavy atom. The Morgan fingerprint density at radius 1 is 1.05 bits per heavy atom. The van der Waals surface area contributed by atoms with Crippen molar-refractivity contribution >= 4 is 11.7 Å². The molecule has 0 aliphatic carbocycles. The third-order valence-corrected chi connectivity index (χ3v) is 4.45. The molecule has 1 aliphatic heterocycles. The van der Waals surface area contributed by atoms with Gasteiger partial charge in [0.2, 0.25) is 0 Å². The van der Waals surface area contributed by atoms with Crippen LogP contribution in [0.4, 0.5) is 10.5 Å². The lowest BCUT2D eigenvalue weighted by Crippen LogP contribution is -2.34. The molecule has 0 radical (unpaired) electrons. The number of nitrogens with one attached hydrogen (secondary N) is 1. The van der Waals surface area contributed by atoms with Gasteiger partial charge in [0.05, 0.1) is 6.04 Å². The zero-order chi connectivity index (χ0) is 15.5. The van der Waals surface area contributed by atoms with Crippen LogP contribution in [0.5, 0.6) is 0 Å². The molecule has 1 N–H and O–H groups in total. The fraction of sp³-hybridized carbons (Fsp3) is 0.316. The maximum atomic E-state index is 12.7. The smallest absolute Gasteiger partial charge is 0.317 e. The number of para-hydroxylation sites is 1. The molecule has 2 aromatic rings. The highest BCUT2D eigenvalue weighted by Gasteiger charge is 2.30. The molecule has 3 nitrogen and oxygen atoms in total. The molecule has 1 saturated heterocycles. The molecular formula is C19H22N2O. The van der Waals surface area contributed by atoms with Gasteiger partial charge in [-0.05, 0) is 49.4 Å². The van der Waals surface area contributed by atoms with Crippen molar-refractivity contribution in [2.24, 2.45) is 0 Å². The molecule has 3 rings (SSSR count). The molecule has 0 bridgehead atoms. The predicted octanol–water partition coefficient (Wildman–Crippen LogP) is 4.67. The van der Waals surface area contributed by atoms with Crippen molar-refractivity contribution in [3.05, 3.63) is 65.2 Å². The highest BCUT2D eigenvalue weighted by atomic mass is 16.2. The van der Waals surface area contributed by atoms with Gasteiger partial charge in [0, 0.05) is 12.2 Å². The van der Waals surface area contributed by atoms with Crippen molar-refractivity contribution in [1.29, 1.82) is 0 Å². The first-order chi connectivity index (χ1) is 10.7. The summed E-state index contributed by atoms with van der Waals surface area (Å²) in [5.41, 5.74) is 4.49. The van der Waals surface area contributed by atoms with Crippen LogP contribution in [0, 0.1) is 13.8 Å². The van der Waals surface area contributed by atoms with Gasteiger partial charge in [-0.2, -0.15) is 0 Å². The lowest BCUT2D eigenvalue weighted by atomic mass is 9.99. The number of nitrogens with zero attached hydrogens (tertiary/aromatic N) is 1. The number of rotatable bonds is 2. The summed E-state index contributed by atoms with van der Waals surface area (Å²) in [6, 6.07) is 16.4. The average molecular weight is 294 g/mol.